The van der Waals surface area contributed by atoms with E-state index < -0.39 is 5.97 Å². The van der Waals surface area contributed by atoms with Crippen molar-refractivity contribution < 1.29 is 19.5 Å². The third-order valence-corrected chi connectivity index (χ3v) is 2.79. The molecule has 122 valence electrons. The fraction of sp³-hybridized carbons (Fsp3) is 0.786. The number of carboxylic acids is 1. The van der Waals surface area contributed by atoms with E-state index in [0.29, 0.717) is 12.5 Å². The Kier molecular flexibility index (Phi) is 9.16. The molecule has 0 spiro atoms. The molecule has 0 radical (unpaired) electrons. The van der Waals surface area contributed by atoms with Crippen LogP contribution in [-0.2, 0) is 9.59 Å². The molecule has 0 aliphatic heterocycles. The number of nitrogens with one attached hydrogen (secondary N) is 2. The van der Waals surface area contributed by atoms with E-state index in [4.69, 9.17) is 5.11 Å². The van der Waals surface area contributed by atoms with Crippen molar-refractivity contribution in [1.29, 1.82) is 0 Å². The van der Waals surface area contributed by atoms with E-state index >= 15 is 0 Å². The van der Waals surface area contributed by atoms with Gasteiger partial charge in [-0.3, -0.25) is 9.59 Å². The number of carboxylic acid groups (broad SMARTS) is 1. The highest BCUT2D eigenvalue weighted by molar-refractivity contribution is 5.78. The summed E-state index contributed by atoms with van der Waals surface area (Å²) in [6.45, 7) is 8.64. The van der Waals surface area contributed by atoms with Gasteiger partial charge in [-0.2, -0.15) is 0 Å². The summed E-state index contributed by atoms with van der Waals surface area (Å²) < 4.78 is 0. The minimum absolute atomic E-state index is 0.0968. The molecule has 7 heteroatoms. The Morgan fingerprint density at radius 1 is 1.05 bits per heavy atom. The van der Waals surface area contributed by atoms with Crippen LogP contribution in [0.2, 0.25) is 0 Å². The first-order chi connectivity index (χ1) is 9.73. The molecule has 3 N–H and O–H groups in total. The first-order valence-electron chi connectivity index (χ1n) is 7.27. The normalized spacial score (nSPS) is 10.6. The van der Waals surface area contributed by atoms with Crippen LogP contribution < -0.4 is 10.6 Å². The van der Waals surface area contributed by atoms with Crippen molar-refractivity contribution in [3.05, 3.63) is 0 Å². The third-order valence-electron chi connectivity index (χ3n) is 2.79. The van der Waals surface area contributed by atoms with Gasteiger partial charge in [-0.05, 0) is 19.8 Å². The van der Waals surface area contributed by atoms with E-state index in [2.05, 4.69) is 10.6 Å². The number of hydrogen-bond acceptors (Lipinski definition) is 3. The second-order valence-electron chi connectivity index (χ2n) is 5.61. The number of nitrogens with zero attached hydrogens (tertiary/aromatic N) is 1. The minimum Gasteiger partial charge on any atom is -0.481 e. The van der Waals surface area contributed by atoms with Crippen molar-refractivity contribution in [2.24, 2.45) is 5.92 Å². The third kappa shape index (κ3) is 9.70. The maximum absolute atomic E-state index is 11.9. The number of aliphatic carboxylic acids is 1. The van der Waals surface area contributed by atoms with Crippen LogP contribution in [0.3, 0.4) is 0 Å². The van der Waals surface area contributed by atoms with Crippen molar-refractivity contribution >= 4 is 17.9 Å². The first kappa shape index (κ1) is 19.2. The number of hydrogen-bond donors (Lipinski definition) is 3. The van der Waals surface area contributed by atoms with Crippen LogP contribution in [-0.4, -0.2) is 53.6 Å². The Hall–Kier alpha value is -1.79. The standard InChI is InChI=1S/C14H27N3O4/c1-10(2)9-16-12(18)5-7-15-14(21)17(11(3)4)8-6-13(19)20/h10-11H,5-9H2,1-4H3,(H,15,21)(H,16,18)(H,19,20). The van der Waals surface area contributed by atoms with E-state index in [9.17, 15) is 14.4 Å². The minimum atomic E-state index is -0.943. The molecule has 3 amide bonds. The first-order valence-corrected chi connectivity index (χ1v) is 7.27. The van der Waals surface area contributed by atoms with E-state index in [0.717, 1.165) is 0 Å². The van der Waals surface area contributed by atoms with E-state index in [-0.39, 0.29) is 43.9 Å². The van der Waals surface area contributed by atoms with Crippen molar-refractivity contribution in [3.8, 4) is 0 Å². The number of rotatable bonds is 9. The quantitative estimate of drug-likeness (QED) is 0.592. The summed E-state index contributed by atoms with van der Waals surface area (Å²) in [5, 5.41) is 14.1. The van der Waals surface area contributed by atoms with E-state index in [1.165, 1.54) is 4.90 Å². The van der Waals surface area contributed by atoms with Gasteiger partial charge in [0.1, 0.15) is 0 Å². The zero-order valence-electron chi connectivity index (χ0n) is 13.3. The van der Waals surface area contributed by atoms with Crippen LogP contribution in [0.5, 0.6) is 0 Å². The molecule has 0 unspecified atom stereocenters. The van der Waals surface area contributed by atoms with Gasteiger partial charge in [-0.25, -0.2) is 4.79 Å². The SMILES string of the molecule is CC(C)CNC(=O)CCNC(=O)N(CCC(=O)O)C(C)C. The topological polar surface area (TPSA) is 98.7 Å². The maximum Gasteiger partial charge on any atom is 0.317 e. The van der Waals surface area contributed by atoms with Gasteiger partial charge in [-0.1, -0.05) is 13.8 Å². The van der Waals surface area contributed by atoms with Gasteiger partial charge in [-0.15, -0.1) is 0 Å². The molecule has 0 aromatic heterocycles. The van der Waals surface area contributed by atoms with Crippen LogP contribution in [0, 0.1) is 5.92 Å². The lowest BCUT2D eigenvalue weighted by molar-refractivity contribution is -0.137. The maximum atomic E-state index is 11.9. The second kappa shape index (κ2) is 10.0. The summed E-state index contributed by atoms with van der Waals surface area (Å²) in [5.74, 6) is -0.664. The van der Waals surface area contributed by atoms with Crippen LogP contribution in [0.1, 0.15) is 40.5 Å². The molecule has 21 heavy (non-hydrogen) atoms. The van der Waals surface area contributed by atoms with Gasteiger partial charge in [0.15, 0.2) is 0 Å². The summed E-state index contributed by atoms with van der Waals surface area (Å²) in [6, 6.07) is -0.443. The fourth-order valence-corrected chi connectivity index (χ4v) is 1.60. The van der Waals surface area contributed by atoms with Gasteiger partial charge in [0.25, 0.3) is 0 Å². The van der Waals surface area contributed by atoms with Gasteiger partial charge < -0.3 is 20.6 Å². The molecule has 0 saturated carbocycles. The Morgan fingerprint density at radius 3 is 2.14 bits per heavy atom. The Bertz CT molecular complexity index is 356. The van der Waals surface area contributed by atoms with Gasteiger partial charge in [0.2, 0.25) is 5.91 Å². The van der Waals surface area contributed by atoms with Crippen molar-refractivity contribution in [1.82, 2.24) is 15.5 Å². The Labute approximate surface area is 126 Å². The molecule has 0 aromatic carbocycles. The van der Waals surface area contributed by atoms with Crippen molar-refractivity contribution in [2.45, 2.75) is 46.6 Å². The summed E-state index contributed by atoms with van der Waals surface area (Å²) >= 11 is 0. The Morgan fingerprint density at radius 2 is 1.67 bits per heavy atom. The second-order valence-corrected chi connectivity index (χ2v) is 5.61. The molecule has 0 bridgehead atoms. The highest BCUT2D eigenvalue weighted by Gasteiger charge is 2.17. The zero-order chi connectivity index (χ0) is 16.4. The van der Waals surface area contributed by atoms with Crippen LogP contribution in [0.4, 0.5) is 4.79 Å². The predicted octanol–water partition coefficient (Wildman–Crippen LogP) is 1.04. The molecule has 0 rings (SSSR count). The van der Waals surface area contributed by atoms with Crippen LogP contribution in [0.25, 0.3) is 0 Å². The van der Waals surface area contributed by atoms with Crippen molar-refractivity contribution in [3.63, 3.8) is 0 Å². The zero-order valence-corrected chi connectivity index (χ0v) is 13.3. The summed E-state index contributed by atoms with van der Waals surface area (Å²) in [6.07, 6.45) is 0.115. The molecule has 0 atom stereocenters. The lowest BCUT2D eigenvalue weighted by atomic mass is 10.2. The highest BCUT2D eigenvalue weighted by Crippen LogP contribution is 2.00. The molecular formula is C14H27N3O4. The number of carbonyl (C=O) groups is 3. The lowest BCUT2D eigenvalue weighted by Crippen LogP contribution is -2.45. The number of amides is 3. The van der Waals surface area contributed by atoms with Gasteiger partial charge in [0.05, 0.1) is 6.42 Å². The predicted molar refractivity (Wildman–Crippen MR) is 80.0 cm³/mol. The molecule has 0 heterocycles. The molecule has 0 aliphatic rings. The summed E-state index contributed by atoms with van der Waals surface area (Å²) in [5.41, 5.74) is 0. The number of urea groups is 1. The average Bonchev–Trinajstić information content (AvgIpc) is 2.35. The monoisotopic (exact) mass is 301 g/mol. The van der Waals surface area contributed by atoms with Crippen molar-refractivity contribution in [2.75, 3.05) is 19.6 Å². The molecule has 0 fully saturated rings. The summed E-state index contributed by atoms with van der Waals surface area (Å²) in [7, 11) is 0. The van der Waals surface area contributed by atoms with Crippen LogP contribution in [0.15, 0.2) is 0 Å². The van der Waals surface area contributed by atoms with Gasteiger partial charge in [0, 0.05) is 32.1 Å². The van der Waals surface area contributed by atoms with Crippen LogP contribution >= 0.6 is 0 Å². The average molecular weight is 301 g/mol. The highest BCUT2D eigenvalue weighted by atomic mass is 16.4. The fourth-order valence-electron chi connectivity index (χ4n) is 1.60. The van der Waals surface area contributed by atoms with E-state index in [1.54, 1.807) is 0 Å². The molecule has 0 aliphatic carbocycles. The molecular weight excluding hydrogens is 274 g/mol. The summed E-state index contributed by atoms with van der Waals surface area (Å²) in [4.78, 5) is 35.4. The van der Waals surface area contributed by atoms with E-state index in [1.807, 2.05) is 27.7 Å². The number of carbonyl (C=O) groups excluding carboxylic acids is 2. The Balaban J connectivity index is 4.08. The lowest BCUT2D eigenvalue weighted by Gasteiger charge is -2.26. The van der Waals surface area contributed by atoms with Gasteiger partial charge >= 0.3 is 12.0 Å². The largest absolute Gasteiger partial charge is 0.481 e. The molecule has 0 saturated heterocycles. The molecule has 7 nitrogen and oxygen atoms in total. The smallest absolute Gasteiger partial charge is 0.317 e. The molecule has 0 aromatic rings.